The van der Waals surface area contributed by atoms with Gasteiger partial charge < -0.3 is 0 Å². The normalized spacial score (nSPS) is 14.9. The highest BCUT2D eigenvalue weighted by Crippen LogP contribution is 2.30. The first-order chi connectivity index (χ1) is 12.9. The molecule has 2 aromatic rings. The molecule has 1 aliphatic carbocycles. The van der Waals surface area contributed by atoms with Gasteiger partial charge >= 0.3 is 5.69 Å². The second-order valence-corrected chi connectivity index (χ2v) is 6.81. The van der Waals surface area contributed by atoms with Crippen LogP contribution in [-0.4, -0.2) is 15.6 Å². The highest BCUT2D eigenvalue weighted by molar-refractivity contribution is 6.03. The van der Waals surface area contributed by atoms with Gasteiger partial charge in [0.05, 0.1) is 21.6 Å². The van der Waals surface area contributed by atoms with E-state index in [0.717, 1.165) is 36.6 Å². The third-order valence-corrected chi connectivity index (χ3v) is 4.67. The van der Waals surface area contributed by atoms with Crippen LogP contribution in [0.1, 0.15) is 49.3 Å². The highest BCUT2D eigenvalue weighted by atomic mass is 16.6. The zero-order valence-electron chi connectivity index (χ0n) is 15.1. The molecule has 0 saturated carbocycles. The molecule has 0 radical (unpaired) electrons. The SMILES string of the molecule is CC(C)c1ccc2c(c1)/C(=N/Nc1ccc([N+](=O)[O-])cc1[N+](=O)[O-])CCC2. The van der Waals surface area contributed by atoms with Gasteiger partial charge in [-0.05, 0) is 48.4 Å². The maximum absolute atomic E-state index is 11.3. The molecule has 1 aliphatic rings. The van der Waals surface area contributed by atoms with Gasteiger partial charge in [0.15, 0.2) is 0 Å². The van der Waals surface area contributed by atoms with Crippen LogP contribution in [0.5, 0.6) is 0 Å². The van der Waals surface area contributed by atoms with E-state index in [0.29, 0.717) is 5.92 Å². The molecular formula is C19H20N4O4. The lowest BCUT2D eigenvalue weighted by Gasteiger charge is -2.20. The van der Waals surface area contributed by atoms with E-state index in [2.05, 4.69) is 42.6 Å². The fourth-order valence-corrected chi connectivity index (χ4v) is 3.14. The van der Waals surface area contributed by atoms with Crippen molar-refractivity contribution < 1.29 is 9.85 Å². The minimum atomic E-state index is -0.659. The summed E-state index contributed by atoms with van der Waals surface area (Å²) in [5.74, 6) is 0.391. The van der Waals surface area contributed by atoms with Crippen LogP contribution in [0, 0.1) is 20.2 Å². The summed E-state index contributed by atoms with van der Waals surface area (Å²) in [4.78, 5) is 20.8. The van der Waals surface area contributed by atoms with Crippen molar-refractivity contribution in [3.8, 4) is 0 Å². The number of nitro benzene ring substituents is 2. The number of aryl methyl sites for hydroxylation is 1. The van der Waals surface area contributed by atoms with E-state index in [1.54, 1.807) is 0 Å². The Hall–Kier alpha value is -3.29. The number of nitro groups is 2. The first-order valence-electron chi connectivity index (χ1n) is 8.75. The third-order valence-electron chi connectivity index (χ3n) is 4.67. The van der Waals surface area contributed by atoms with Crippen molar-refractivity contribution in [2.45, 2.75) is 39.0 Å². The van der Waals surface area contributed by atoms with E-state index in [-0.39, 0.29) is 17.1 Å². The molecule has 3 rings (SSSR count). The Labute approximate surface area is 156 Å². The van der Waals surface area contributed by atoms with Crippen LogP contribution in [0.2, 0.25) is 0 Å². The molecule has 0 atom stereocenters. The number of hydrazone groups is 1. The van der Waals surface area contributed by atoms with Gasteiger partial charge in [0.1, 0.15) is 5.69 Å². The van der Waals surface area contributed by atoms with Crippen LogP contribution in [0.3, 0.4) is 0 Å². The van der Waals surface area contributed by atoms with Crippen molar-refractivity contribution in [3.05, 3.63) is 73.3 Å². The summed E-state index contributed by atoms with van der Waals surface area (Å²) in [5.41, 5.74) is 6.49. The molecule has 0 heterocycles. The zero-order chi connectivity index (χ0) is 19.6. The summed E-state index contributed by atoms with van der Waals surface area (Å²) >= 11 is 0. The zero-order valence-corrected chi connectivity index (χ0v) is 15.1. The summed E-state index contributed by atoms with van der Waals surface area (Å²) in [6.07, 6.45) is 2.70. The Morgan fingerprint density at radius 2 is 1.81 bits per heavy atom. The van der Waals surface area contributed by atoms with Gasteiger partial charge in [-0.15, -0.1) is 0 Å². The lowest BCUT2D eigenvalue weighted by atomic mass is 9.87. The maximum atomic E-state index is 11.3. The number of benzene rings is 2. The monoisotopic (exact) mass is 368 g/mol. The average Bonchev–Trinajstić information content (AvgIpc) is 2.65. The van der Waals surface area contributed by atoms with Gasteiger partial charge in [-0.3, -0.25) is 25.7 Å². The fraction of sp³-hybridized carbons (Fsp3) is 0.316. The van der Waals surface area contributed by atoms with E-state index in [1.807, 2.05) is 0 Å². The quantitative estimate of drug-likeness (QED) is 0.603. The average molecular weight is 368 g/mol. The summed E-state index contributed by atoms with van der Waals surface area (Å²) in [6, 6.07) is 9.85. The molecule has 1 N–H and O–H groups in total. The van der Waals surface area contributed by atoms with Crippen molar-refractivity contribution in [2.75, 3.05) is 5.43 Å². The van der Waals surface area contributed by atoms with Gasteiger partial charge in [-0.2, -0.15) is 5.10 Å². The van der Waals surface area contributed by atoms with Gasteiger partial charge in [0.2, 0.25) is 0 Å². The first-order valence-corrected chi connectivity index (χ1v) is 8.75. The van der Waals surface area contributed by atoms with Gasteiger partial charge in [0, 0.05) is 11.6 Å². The number of nitrogens with one attached hydrogen (secondary N) is 1. The molecule has 2 aromatic carbocycles. The number of non-ortho nitro benzene ring substituents is 1. The largest absolute Gasteiger partial charge is 0.301 e. The molecule has 0 fully saturated rings. The predicted octanol–water partition coefficient (Wildman–Crippen LogP) is 4.78. The van der Waals surface area contributed by atoms with Crippen molar-refractivity contribution in [3.63, 3.8) is 0 Å². The topological polar surface area (TPSA) is 111 Å². The maximum Gasteiger partial charge on any atom is 0.301 e. The molecule has 140 valence electrons. The smallest absolute Gasteiger partial charge is 0.271 e. The molecule has 0 unspecified atom stereocenters. The van der Waals surface area contributed by atoms with E-state index in [9.17, 15) is 20.2 Å². The van der Waals surface area contributed by atoms with E-state index < -0.39 is 9.85 Å². The molecular weight excluding hydrogens is 348 g/mol. The summed E-state index contributed by atoms with van der Waals surface area (Å²) in [7, 11) is 0. The summed E-state index contributed by atoms with van der Waals surface area (Å²) < 4.78 is 0. The minimum Gasteiger partial charge on any atom is -0.271 e. The van der Waals surface area contributed by atoms with Crippen molar-refractivity contribution in [2.24, 2.45) is 5.10 Å². The van der Waals surface area contributed by atoms with Crippen molar-refractivity contribution in [1.82, 2.24) is 0 Å². The van der Waals surface area contributed by atoms with Gasteiger partial charge in [-0.1, -0.05) is 26.0 Å². The van der Waals surface area contributed by atoms with Crippen LogP contribution in [-0.2, 0) is 6.42 Å². The van der Waals surface area contributed by atoms with E-state index >= 15 is 0 Å². The number of nitrogens with zero attached hydrogens (tertiary/aromatic N) is 3. The Morgan fingerprint density at radius 1 is 1.04 bits per heavy atom. The van der Waals surface area contributed by atoms with Crippen LogP contribution in [0.25, 0.3) is 0 Å². The molecule has 8 heteroatoms. The lowest BCUT2D eigenvalue weighted by molar-refractivity contribution is -0.393. The van der Waals surface area contributed by atoms with Crippen molar-refractivity contribution in [1.29, 1.82) is 0 Å². The number of fused-ring (bicyclic) bond motifs is 1. The Balaban J connectivity index is 1.95. The number of rotatable bonds is 5. The molecule has 8 nitrogen and oxygen atoms in total. The molecule has 27 heavy (non-hydrogen) atoms. The summed E-state index contributed by atoms with van der Waals surface area (Å²) in [5, 5.41) is 26.5. The van der Waals surface area contributed by atoms with Crippen LogP contribution < -0.4 is 5.43 Å². The van der Waals surface area contributed by atoms with Crippen LogP contribution in [0.4, 0.5) is 17.1 Å². The van der Waals surface area contributed by atoms with E-state index in [1.165, 1.54) is 23.3 Å². The molecule has 0 spiro atoms. The second kappa shape index (κ2) is 7.53. The Morgan fingerprint density at radius 3 is 2.48 bits per heavy atom. The standard InChI is InChI=1S/C19H20N4O4/c1-12(2)14-7-6-13-4-3-5-17(16(13)10-14)20-21-18-9-8-15(22(24)25)11-19(18)23(26)27/h6-12,21H,3-5H2,1-2H3/b20-17+. The predicted molar refractivity (Wildman–Crippen MR) is 103 cm³/mol. The molecule has 0 bridgehead atoms. The number of hydrogen-bond donors (Lipinski definition) is 1. The molecule has 0 saturated heterocycles. The lowest BCUT2D eigenvalue weighted by Crippen LogP contribution is -2.14. The van der Waals surface area contributed by atoms with Crippen LogP contribution >= 0.6 is 0 Å². The molecule has 0 amide bonds. The third kappa shape index (κ3) is 3.94. The molecule has 0 aliphatic heterocycles. The summed E-state index contributed by atoms with van der Waals surface area (Å²) in [6.45, 7) is 4.25. The minimum absolute atomic E-state index is 0.130. The Bertz CT molecular complexity index is 937. The number of anilines is 1. The van der Waals surface area contributed by atoms with Gasteiger partial charge in [-0.25, -0.2) is 0 Å². The Kier molecular flexibility index (Phi) is 5.16. The second-order valence-electron chi connectivity index (χ2n) is 6.81. The van der Waals surface area contributed by atoms with Crippen LogP contribution in [0.15, 0.2) is 41.5 Å². The van der Waals surface area contributed by atoms with E-state index in [4.69, 9.17) is 0 Å². The van der Waals surface area contributed by atoms with Crippen molar-refractivity contribution >= 4 is 22.8 Å². The first kappa shape index (κ1) is 18.5. The molecule has 0 aromatic heterocycles. The highest BCUT2D eigenvalue weighted by Gasteiger charge is 2.21. The van der Waals surface area contributed by atoms with Gasteiger partial charge in [0.25, 0.3) is 5.69 Å². The number of hydrogen-bond acceptors (Lipinski definition) is 6. The fourth-order valence-electron chi connectivity index (χ4n) is 3.14.